The van der Waals surface area contributed by atoms with Crippen molar-refractivity contribution >= 4 is 85.7 Å². The van der Waals surface area contributed by atoms with E-state index >= 15 is 0 Å². The molecule has 5 nitrogen and oxygen atoms in total. The third kappa shape index (κ3) is 6.10. The molecule has 9 heteroatoms. The maximum absolute atomic E-state index is 10.8. The molecule has 0 unspecified atom stereocenters. The Labute approximate surface area is 216 Å². The molecular weight excluding hydrogens is 665 g/mol. The number of nitrogens with zero attached hydrogens (tertiary/aromatic N) is 2. The third-order valence-electron chi connectivity index (χ3n) is 4.23. The molecule has 0 amide bonds. The summed E-state index contributed by atoms with van der Waals surface area (Å²) in [4.78, 5) is 10.4. The lowest BCUT2D eigenvalue weighted by Crippen LogP contribution is -2.00. The maximum Gasteiger partial charge on any atom is 0.269 e. The molecule has 0 aliphatic rings. The van der Waals surface area contributed by atoms with E-state index in [1.807, 2.05) is 18.2 Å². The second kappa shape index (κ2) is 10.6. The number of allylic oxidation sites excluding steroid dienone is 1. The van der Waals surface area contributed by atoms with Gasteiger partial charge in [0.15, 0.2) is 0 Å². The van der Waals surface area contributed by atoms with Gasteiger partial charge in [-0.2, -0.15) is 5.26 Å². The molecule has 0 radical (unpaired) electrons. The molecule has 0 spiro atoms. The molecule has 0 fully saturated rings. The van der Waals surface area contributed by atoms with Crippen molar-refractivity contribution in [2.24, 2.45) is 0 Å². The number of ether oxygens (including phenoxy) is 1. The van der Waals surface area contributed by atoms with Crippen LogP contribution in [-0.4, -0.2) is 4.92 Å². The number of hydrogen-bond acceptors (Lipinski definition) is 4. The molecule has 0 heterocycles. The number of nitro groups is 1. The minimum atomic E-state index is -0.472. The first kappa shape index (κ1) is 23.8. The highest BCUT2D eigenvalue weighted by molar-refractivity contribution is 14.1. The van der Waals surface area contributed by atoms with Crippen LogP contribution in [0.25, 0.3) is 11.6 Å². The second-order valence-electron chi connectivity index (χ2n) is 6.31. The van der Waals surface area contributed by atoms with E-state index in [1.165, 1.54) is 12.1 Å². The van der Waals surface area contributed by atoms with E-state index in [2.05, 4.69) is 51.3 Å². The van der Waals surface area contributed by atoms with Crippen molar-refractivity contribution in [3.63, 3.8) is 0 Å². The zero-order valence-electron chi connectivity index (χ0n) is 15.6. The highest BCUT2D eigenvalue weighted by Crippen LogP contribution is 2.32. The molecular formula is C22H12Cl2I2N2O3. The van der Waals surface area contributed by atoms with E-state index in [4.69, 9.17) is 27.9 Å². The van der Waals surface area contributed by atoms with Gasteiger partial charge in [0.2, 0.25) is 0 Å². The molecule has 3 aromatic rings. The van der Waals surface area contributed by atoms with Crippen molar-refractivity contribution in [3.05, 3.63) is 98.6 Å². The van der Waals surface area contributed by atoms with Crippen LogP contribution in [0.2, 0.25) is 10.0 Å². The molecule has 0 N–H and O–H groups in total. The lowest BCUT2D eigenvalue weighted by Gasteiger charge is -2.13. The Bertz CT molecular complexity index is 1200. The number of non-ortho nitro benzene ring substituents is 1. The van der Waals surface area contributed by atoms with E-state index in [0.29, 0.717) is 27.8 Å². The summed E-state index contributed by atoms with van der Waals surface area (Å²) in [6.07, 6.45) is 1.74. The lowest BCUT2D eigenvalue weighted by atomic mass is 10.0. The molecule has 0 atom stereocenters. The highest BCUT2D eigenvalue weighted by Gasteiger charge is 2.12. The average molecular weight is 677 g/mol. The molecule has 0 aliphatic heterocycles. The predicted octanol–water partition coefficient (Wildman–Crippen LogP) is 7.75. The molecule has 156 valence electrons. The SMILES string of the molecule is N#C/C(=C/c1cc(I)c(OCc2ccc(Cl)cc2Cl)c(I)c1)c1ccc([N+](=O)[O-])cc1. The third-order valence-corrected chi connectivity index (χ3v) is 6.42. The summed E-state index contributed by atoms with van der Waals surface area (Å²) in [5.41, 5.74) is 2.64. The highest BCUT2D eigenvalue weighted by atomic mass is 127. The van der Waals surface area contributed by atoms with Gasteiger partial charge in [-0.25, -0.2) is 0 Å². The first-order valence-electron chi connectivity index (χ1n) is 8.71. The van der Waals surface area contributed by atoms with Gasteiger partial charge in [0.25, 0.3) is 5.69 Å². The predicted molar refractivity (Wildman–Crippen MR) is 139 cm³/mol. The van der Waals surface area contributed by atoms with Crippen molar-refractivity contribution in [1.29, 1.82) is 5.26 Å². The first-order chi connectivity index (χ1) is 14.8. The molecule has 0 aromatic heterocycles. The number of nitriles is 1. The topological polar surface area (TPSA) is 76.2 Å². The molecule has 0 bridgehead atoms. The summed E-state index contributed by atoms with van der Waals surface area (Å²) in [6, 6.07) is 17.1. The van der Waals surface area contributed by atoms with Gasteiger partial charge in [0, 0.05) is 27.7 Å². The number of rotatable bonds is 6. The number of halogens is 4. The van der Waals surface area contributed by atoms with Gasteiger partial charge in [0.1, 0.15) is 12.4 Å². The van der Waals surface area contributed by atoms with Crippen LogP contribution in [-0.2, 0) is 6.61 Å². The number of nitro benzene ring substituents is 1. The van der Waals surface area contributed by atoms with E-state index < -0.39 is 4.92 Å². The van der Waals surface area contributed by atoms with Crippen LogP contribution < -0.4 is 4.74 Å². The number of hydrogen-bond donors (Lipinski definition) is 0. The van der Waals surface area contributed by atoms with Crippen molar-refractivity contribution in [3.8, 4) is 11.8 Å². The zero-order chi connectivity index (χ0) is 22.5. The van der Waals surface area contributed by atoms with Crippen LogP contribution in [0.1, 0.15) is 16.7 Å². The van der Waals surface area contributed by atoms with Gasteiger partial charge >= 0.3 is 0 Å². The Kier molecular flexibility index (Phi) is 8.16. The van der Waals surface area contributed by atoms with Gasteiger partial charge in [-0.15, -0.1) is 0 Å². The van der Waals surface area contributed by atoms with Crippen molar-refractivity contribution in [1.82, 2.24) is 0 Å². The fraction of sp³-hybridized carbons (Fsp3) is 0.0455. The summed E-state index contributed by atoms with van der Waals surface area (Å²) in [5, 5.41) is 21.5. The van der Waals surface area contributed by atoms with Gasteiger partial charge < -0.3 is 4.74 Å². The Morgan fingerprint density at radius 2 is 1.74 bits per heavy atom. The van der Waals surface area contributed by atoms with Crippen LogP contribution in [0.15, 0.2) is 54.6 Å². The Balaban J connectivity index is 1.84. The van der Waals surface area contributed by atoms with Gasteiger partial charge in [0.05, 0.1) is 23.7 Å². The maximum atomic E-state index is 10.8. The fourth-order valence-electron chi connectivity index (χ4n) is 2.70. The smallest absolute Gasteiger partial charge is 0.269 e. The minimum absolute atomic E-state index is 0.0209. The van der Waals surface area contributed by atoms with Gasteiger partial charge in [-0.1, -0.05) is 29.3 Å². The second-order valence-corrected chi connectivity index (χ2v) is 9.48. The lowest BCUT2D eigenvalue weighted by molar-refractivity contribution is -0.384. The largest absolute Gasteiger partial charge is 0.487 e. The number of benzene rings is 3. The Hall–Kier alpha value is -1.87. The van der Waals surface area contributed by atoms with Crippen LogP contribution in [0, 0.1) is 28.6 Å². The summed E-state index contributed by atoms with van der Waals surface area (Å²) >= 11 is 16.5. The fourth-order valence-corrected chi connectivity index (χ4v) is 5.29. The summed E-state index contributed by atoms with van der Waals surface area (Å²) in [6.45, 7) is 0.295. The van der Waals surface area contributed by atoms with Crippen molar-refractivity contribution in [2.45, 2.75) is 6.61 Å². The Morgan fingerprint density at radius 3 is 2.29 bits per heavy atom. The normalized spacial score (nSPS) is 11.1. The van der Waals surface area contributed by atoms with Gasteiger partial charge in [-0.05, 0) is 98.8 Å². The summed E-state index contributed by atoms with van der Waals surface area (Å²) in [7, 11) is 0. The van der Waals surface area contributed by atoms with Crippen LogP contribution in [0.3, 0.4) is 0 Å². The molecule has 3 rings (SSSR count). The minimum Gasteiger partial charge on any atom is -0.487 e. The van der Waals surface area contributed by atoms with E-state index in [1.54, 1.807) is 30.3 Å². The van der Waals surface area contributed by atoms with E-state index in [0.717, 1.165) is 24.0 Å². The van der Waals surface area contributed by atoms with Crippen molar-refractivity contribution < 1.29 is 9.66 Å². The van der Waals surface area contributed by atoms with Gasteiger partial charge in [-0.3, -0.25) is 10.1 Å². The van der Waals surface area contributed by atoms with E-state index in [9.17, 15) is 15.4 Å². The summed E-state index contributed by atoms with van der Waals surface area (Å²) < 4.78 is 7.74. The van der Waals surface area contributed by atoms with Crippen LogP contribution in [0.4, 0.5) is 5.69 Å². The monoisotopic (exact) mass is 676 g/mol. The molecule has 3 aromatic carbocycles. The molecule has 0 saturated heterocycles. The molecule has 31 heavy (non-hydrogen) atoms. The van der Waals surface area contributed by atoms with Crippen LogP contribution >= 0.6 is 68.4 Å². The standard InChI is InChI=1S/C22H12Cl2I2N2O3/c23-17-4-1-15(19(24)10-17)12-31-22-20(25)8-13(9-21(22)26)7-16(11-27)14-2-5-18(6-3-14)28(29)30/h1-10H,12H2/b16-7-. The molecule has 0 aliphatic carbocycles. The first-order valence-corrected chi connectivity index (χ1v) is 11.6. The molecule has 0 saturated carbocycles. The van der Waals surface area contributed by atoms with Crippen LogP contribution in [0.5, 0.6) is 5.75 Å². The summed E-state index contributed by atoms with van der Waals surface area (Å²) in [5.74, 6) is 0.721. The Morgan fingerprint density at radius 1 is 1.10 bits per heavy atom. The van der Waals surface area contributed by atoms with E-state index in [-0.39, 0.29) is 5.69 Å². The quantitative estimate of drug-likeness (QED) is 0.0880. The van der Waals surface area contributed by atoms with Crippen molar-refractivity contribution in [2.75, 3.05) is 0 Å². The average Bonchev–Trinajstić information content (AvgIpc) is 2.72. The zero-order valence-corrected chi connectivity index (χ0v) is 21.4.